The second-order valence-electron chi connectivity index (χ2n) is 5.53. The maximum absolute atomic E-state index is 12.3. The molecule has 1 saturated heterocycles. The third-order valence-corrected chi connectivity index (χ3v) is 4.98. The normalized spacial score (nSPS) is 28.6. The molecule has 2 aliphatic rings. The Kier molecular flexibility index (Phi) is 3.19. The lowest BCUT2D eigenvalue weighted by Gasteiger charge is -2.26. The number of halogens is 1. The van der Waals surface area contributed by atoms with Gasteiger partial charge in [-0.3, -0.25) is 4.79 Å². The molecule has 4 nitrogen and oxygen atoms in total. The number of carbonyl (C=O) groups is 1. The standard InChI is InChI=1S/C15H15ClN2O2/c1-8-11(3-2-9(7-17)15(8)16)18-12-4-5-13(19)10(12)6-14(18)20/h2-3,10,12-13,19H,4-6H2,1H3. The van der Waals surface area contributed by atoms with Crippen molar-refractivity contribution in [1.82, 2.24) is 0 Å². The summed E-state index contributed by atoms with van der Waals surface area (Å²) in [5, 5.41) is 19.3. The van der Waals surface area contributed by atoms with Crippen LogP contribution in [-0.4, -0.2) is 23.2 Å². The Bertz CT molecular complexity index is 623. The van der Waals surface area contributed by atoms with Crippen LogP contribution in [-0.2, 0) is 4.79 Å². The van der Waals surface area contributed by atoms with Crippen LogP contribution in [0, 0.1) is 24.2 Å². The maximum Gasteiger partial charge on any atom is 0.227 e. The number of anilines is 1. The van der Waals surface area contributed by atoms with E-state index in [9.17, 15) is 9.90 Å². The van der Waals surface area contributed by atoms with E-state index in [0.717, 1.165) is 24.1 Å². The van der Waals surface area contributed by atoms with Crippen molar-refractivity contribution in [1.29, 1.82) is 5.26 Å². The van der Waals surface area contributed by atoms with Crippen LogP contribution < -0.4 is 4.90 Å². The number of aliphatic hydroxyl groups is 1. The Balaban J connectivity index is 2.04. The van der Waals surface area contributed by atoms with E-state index in [4.69, 9.17) is 16.9 Å². The molecule has 3 atom stereocenters. The van der Waals surface area contributed by atoms with Crippen molar-refractivity contribution in [3.05, 3.63) is 28.3 Å². The fourth-order valence-electron chi connectivity index (χ4n) is 3.44. The smallest absolute Gasteiger partial charge is 0.227 e. The zero-order valence-corrected chi connectivity index (χ0v) is 11.9. The molecule has 0 spiro atoms. The van der Waals surface area contributed by atoms with Gasteiger partial charge in [-0.25, -0.2) is 0 Å². The van der Waals surface area contributed by atoms with Crippen LogP contribution >= 0.6 is 11.6 Å². The molecule has 20 heavy (non-hydrogen) atoms. The van der Waals surface area contributed by atoms with Gasteiger partial charge in [-0.2, -0.15) is 5.26 Å². The molecule has 5 heteroatoms. The van der Waals surface area contributed by atoms with Crippen molar-refractivity contribution >= 4 is 23.2 Å². The topological polar surface area (TPSA) is 64.3 Å². The van der Waals surface area contributed by atoms with Gasteiger partial charge < -0.3 is 10.0 Å². The van der Waals surface area contributed by atoms with Crippen molar-refractivity contribution in [3.63, 3.8) is 0 Å². The third kappa shape index (κ3) is 1.81. The summed E-state index contributed by atoms with van der Waals surface area (Å²) in [6, 6.07) is 5.53. The lowest BCUT2D eigenvalue weighted by molar-refractivity contribution is -0.117. The fourth-order valence-corrected chi connectivity index (χ4v) is 3.64. The van der Waals surface area contributed by atoms with Crippen molar-refractivity contribution < 1.29 is 9.90 Å². The molecule has 1 aliphatic carbocycles. The highest BCUT2D eigenvalue weighted by molar-refractivity contribution is 6.33. The number of hydrogen-bond acceptors (Lipinski definition) is 3. The molecule has 3 rings (SSSR count). The lowest BCUT2D eigenvalue weighted by atomic mass is 10.0. The van der Waals surface area contributed by atoms with Gasteiger partial charge in [0.1, 0.15) is 6.07 Å². The number of hydrogen-bond donors (Lipinski definition) is 1. The molecule has 1 heterocycles. The average molecular weight is 291 g/mol. The molecule has 1 amide bonds. The lowest BCUT2D eigenvalue weighted by Crippen LogP contribution is -2.34. The predicted molar refractivity (Wildman–Crippen MR) is 75.5 cm³/mol. The average Bonchev–Trinajstić information content (AvgIpc) is 2.93. The molecule has 3 unspecified atom stereocenters. The van der Waals surface area contributed by atoms with Gasteiger partial charge in [0.05, 0.1) is 16.7 Å². The maximum atomic E-state index is 12.3. The highest BCUT2D eigenvalue weighted by Crippen LogP contribution is 2.43. The van der Waals surface area contributed by atoms with E-state index in [0.29, 0.717) is 17.0 Å². The molecule has 0 radical (unpaired) electrons. The Morgan fingerprint density at radius 1 is 1.45 bits per heavy atom. The summed E-state index contributed by atoms with van der Waals surface area (Å²) < 4.78 is 0. The van der Waals surface area contributed by atoms with Gasteiger partial charge in [0.25, 0.3) is 0 Å². The Hall–Kier alpha value is -1.57. The molecule has 1 aliphatic heterocycles. The van der Waals surface area contributed by atoms with Gasteiger partial charge in [0.15, 0.2) is 0 Å². The van der Waals surface area contributed by atoms with E-state index in [1.165, 1.54) is 0 Å². The number of rotatable bonds is 1. The van der Waals surface area contributed by atoms with Crippen molar-refractivity contribution in [2.24, 2.45) is 5.92 Å². The van der Waals surface area contributed by atoms with Crippen LogP contribution in [0.4, 0.5) is 5.69 Å². The molecule has 2 fully saturated rings. The molecular weight excluding hydrogens is 276 g/mol. The van der Waals surface area contributed by atoms with Gasteiger partial charge in [-0.1, -0.05) is 11.6 Å². The summed E-state index contributed by atoms with van der Waals surface area (Å²) in [5.41, 5.74) is 1.93. The summed E-state index contributed by atoms with van der Waals surface area (Å²) >= 11 is 6.19. The molecule has 1 N–H and O–H groups in total. The number of amides is 1. The fraction of sp³-hybridized carbons (Fsp3) is 0.467. The first-order valence-electron chi connectivity index (χ1n) is 6.74. The second-order valence-corrected chi connectivity index (χ2v) is 5.90. The van der Waals surface area contributed by atoms with Crippen molar-refractivity contribution in [3.8, 4) is 6.07 Å². The van der Waals surface area contributed by atoms with Crippen LogP contribution in [0.5, 0.6) is 0 Å². The van der Waals surface area contributed by atoms with Gasteiger partial charge in [0, 0.05) is 24.1 Å². The summed E-state index contributed by atoms with van der Waals surface area (Å²) in [7, 11) is 0. The van der Waals surface area contributed by atoms with E-state index in [1.807, 2.05) is 13.0 Å². The first kappa shape index (κ1) is 13.4. The van der Waals surface area contributed by atoms with Crippen LogP contribution in [0.2, 0.25) is 5.02 Å². The quantitative estimate of drug-likeness (QED) is 0.864. The van der Waals surface area contributed by atoms with Gasteiger partial charge in [-0.05, 0) is 37.5 Å². The minimum Gasteiger partial charge on any atom is -0.393 e. The van der Waals surface area contributed by atoms with Gasteiger partial charge in [0.2, 0.25) is 5.91 Å². The summed E-state index contributed by atoms with van der Waals surface area (Å²) in [4.78, 5) is 14.0. The van der Waals surface area contributed by atoms with Crippen LogP contribution in [0.15, 0.2) is 12.1 Å². The number of nitriles is 1. The monoisotopic (exact) mass is 290 g/mol. The zero-order valence-electron chi connectivity index (χ0n) is 11.1. The first-order chi connectivity index (χ1) is 9.54. The van der Waals surface area contributed by atoms with E-state index in [-0.39, 0.29) is 24.0 Å². The largest absolute Gasteiger partial charge is 0.393 e. The predicted octanol–water partition coefficient (Wildman–Crippen LogP) is 2.40. The molecule has 104 valence electrons. The van der Waals surface area contributed by atoms with Crippen LogP contribution in [0.25, 0.3) is 0 Å². The molecule has 1 aromatic carbocycles. The minimum absolute atomic E-state index is 0.0244. The highest BCUT2D eigenvalue weighted by atomic mass is 35.5. The number of benzene rings is 1. The SMILES string of the molecule is Cc1c(N2C(=O)CC3C(O)CCC32)ccc(C#N)c1Cl. The number of fused-ring (bicyclic) bond motifs is 1. The highest BCUT2D eigenvalue weighted by Gasteiger charge is 2.48. The van der Waals surface area contributed by atoms with Gasteiger partial charge >= 0.3 is 0 Å². The van der Waals surface area contributed by atoms with Crippen LogP contribution in [0.1, 0.15) is 30.4 Å². The molecule has 0 bridgehead atoms. The van der Waals surface area contributed by atoms with E-state index >= 15 is 0 Å². The van der Waals surface area contributed by atoms with E-state index < -0.39 is 0 Å². The first-order valence-corrected chi connectivity index (χ1v) is 7.11. The summed E-state index contributed by atoms with van der Waals surface area (Å²) in [6.45, 7) is 1.82. The van der Waals surface area contributed by atoms with E-state index in [2.05, 4.69) is 0 Å². The van der Waals surface area contributed by atoms with E-state index in [1.54, 1.807) is 17.0 Å². The zero-order chi connectivity index (χ0) is 14.4. The Morgan fingerprint density at radius 3 is 2.90 bits per heavy atom. The minimum atomic E-state index is -0.386. The second kappa shape index (κ2) is 4.76. The number of aliphatic hydroxyl groups excluding tert-OH is 1. The molecule has 1 saturated carbocycles. The van der Waals surface area contributed by atoms with Gasteiger partial charge in [-0.15, -0.1) is 0 Å². The number of nitrogens with zero attached hydrogens (tertiary/aromatic N) is 2. The van der Waals surface area contributed by atoms with Crippen molar-refractivity contribution in [2.75, 3.05) is 4.90 Å². The molecule has 0 aromatic heterocycles. The Labute approximate surface area is 122 Å². The number of carbonyl (C=O) groups excluding carboxylic acids is 1. The van der Waals surface area contributed by atoms with Crippen molar-refractivity contribution in [2.45, 2.75) is 38.3 Å². The molecule has 1 aromatic rings. The summed E-state index contributed by atoms with van der Waals surface area (Å²) in [6.07, 6.45) is 1.56. The third-order valence-electron chi connectivity index (χ3n) is 4.50. The summed E-state index contributed by atoms with van der Waals surface area (Å²) in [5.74, 6) is 0.0546. The van der Waals surface area contributed by atoms with Crippen LogP contribution in [0.3, 0.4) is 0 Å². The Morgan fingerprint density at radius 2 is 2.20 bits per heavy atom. The molecular formula is C15H15ClN2O2.